The average molecular weight is 194 g/mol. The normalized spacial score (nSPS) is 11.0. The molecule has 0 spiro atoms. The van der Waals surface area contributed by atoms with Crippen molar-refractivity contribution in [2.24, 2.45) is 7.05 Å². The molecule has 4 nitrogen and oxygen atoms in total. The van der Waals surface area contributed by atoms with E-state index in [1.807, 2.05) is 20.9 Å². The minimum Gasteiger partial charge on any atom is -0.339 e. The summed E-state index contributed by atoms with van der Waals surface area (Å²) in [5.74, 6) is 0.885. The highest BCUT2D eigenvalue weighted by atomic mass is 32.1. The van der Waals surface area contributed by atoms with Crippen LogP contribution in [0.5, 0.6) is 0 Å². The summed E-state index contributed by atoms with van der Waals surface area (Å²) >= 11 is 5.08. The highest BCUT2D eigenvalue weighted by Crippen LogP contribution is 2.12. The highest BCUT2D eigenvalue weighted by Gasteiger charge is 2.06. The lowest BCUT2D eigenvalue weighted by Gasteiger charge is -2.00. The number of aryl methyl sites for hydroxylation is 3. The second-order valence-electron chi connectivity index (χ2n) is 3.06. The van der Waals surface area contributed by atoms with E-state index < -0.39 is 0 Å². The largest absolute Gasteiger partial charge is 0.339 e. The zero-order chi connectivity index (χ0) is 9.59. The molecule has 5 heteroatoms. The SMILES string of the molecule is Cc1nc2c([nH]1)c(C)nc(=S)n2C. The molecular weight excluding hydrogens is 184 g/mol. The van der Waals surface area contributed by atoms with E-state index in [1.54, 1.807) is 4.57 Å². The van der Waals surface area contributed by atoms with Crippen molar-refractivity contribution >= 4 is 23.4 Å². The van der Waals surface area contributed by atoms with Crippen molar-refractivity contribution in [2.75, 3.05) is 0 Å². The number of hydrogen-bond donors (Lipinski definition) is 1. The van der Waals surface area contributed by atoms with Gasteiger partial charge in [-0.05, 0) is 26.1 Å². The molecular formula is C8H10N4S. The van der Waals surface area contributed by atoms with Crippen LogP contribution < -0.4 is 0 Å². The van der Waals surface area contributed by atoms with Crippen LogP contribution in [0.2, 0.25) is 0 Å². The van der Waals surface area contributed by atoms with Crippen molar-refractivity contribution in [1.82, 2.24) is 19.5 Å². The third-order valence-electron chi connectivity index (χ3n) is 2.03. The maximum absolute atomic E-state index is 5.08. The van der Waals surface area contributed by atoms with Gasteiger partial charge in [0.05, 0.1) is 5.69 Å². The van der Waals surface area contributed by atoms with Gasteiger partial charge in [0, 0.05) is 7.05 Å². The standard InChI is InChI=1S/C8H10N4S/c1-4-6-7(11-5(2)10-6)12(3)8(13)9-4/h1-3H3,(H,10,11). The first-order chi connectivity index (χ1) is 6.09. The molecule has 68 valence electrons. The van der Waals surface area contributed by atoms with Gasteiger partial charge in [0.1, 0.15) is 11.3 Å². The molecule has 0 fully saturated rings. The van der Waals surface area contributed by atoms with E-state index in [9.17, 15) is 0 Å². The smallest absolute Gasteiger partial charge is 0.201 e. The molecule has 0 saturated heterocycles. The van der Waals surface area contributed by atoms with Crippen molar-refractivity contribution in [3.63, 3.8) is 0 Å². The monoisotopic (exact) mass is 194 g/mol. The minimum atomic E-state index is 0.566. The van der Waals surface area contributed by atoms with E-state index in [0.29, 0.717) is 4.77 Å². The first-order valence-corrected chi connectivity index (χ1v) is 4.40. The third-order valence-corrected chi connectivity index (χ3v) is 2.40. The second-order valence-corrected chi connectivity index (χ2v) is 3.42. The minimum absolute atomic E-state index is 0.566. The van der Waals surface area contributed by atoms with Crippen LogP contribution in [0, 0.1) is 18.6 Å². The fourth-order valence-corrected chi connectivity index (χ4v) is 1.56. The van der Waals surface area contributed by atoms with Crippen molar-refractivity contribution in [1.29, 1.82) is 0 Å². The summed E-state index contributed by atoms with van der Waals surface area (Å²) < 4.78 is 2.37. The number of imidazole rings is 1. The fourth-order valence-electron chi connectivity index (χ4n) is 1.34. The number of hydrogen-bond acceptors (Lipinski definition) is 3. The molecule has 0 aromatic carbocycles. The van der Waals surface area contributed by atoms with Crippen LogP contribution in [0.3, 0.4) is 0 Å². The summed E-state index contributed by atoms with van der Waals surface area (Å²) in [5, 5.41) is 0. The Morgan fingerprint density at radius 2 is 2.00 bits per heavy atom. The lowest BCUT2D eigenvalue weighted by atomic mass is 10.4. The van der Waals surface area contributed by atoms with Gasteiger partial charge in [-0.15, -0.1) is 0 Å². The van der Waals surface area contributed by atoms with Crippen molar-refractivity contribution in [3.8, 4) is 0 Å². The number of nitrogens with one attached hydrogen (secondary N) is 1. The predicted octanol–water partition coefficient (Wildman–Crippen LogP) is 1.64. The van der Waals surface area contributed by atoms with E-state index in [0.717, 1.165) is 22.7 Å². The van der Waals surface area contributed by atoms with Gasteiger partial charge in [-0.2, -0.15) is 0 Å². The van der Waals surface area contributed by atoms with E-state index >= 15 is 0 Å². The lowest BCUT2D eigenvalue weighted by molar-refractivity contribution is 0.865. The average Bonchev–Trinajstić information content (AvgIpc) is 2.44. The molecule has 13 heavy (non-hydrogen) atoms. The quantitative estimate of drug-likeness (QED) is 0.648. The van der Waals surface area contributed by atoms with Crippen molar-refractivity contribution in [3.05, 3.63) is 16.3 Å². The Hall–Kier alpha value is -1.23. The van der Waals surface area contributed by atoms with Crippen LogP contribution >= 0.6 is 12.2 Å². The lowest BCUT2D eigenvalue weighted by Crippen LogP contribution is -1.99. The van der Waals surface area contributed by atoms with Crippen LogP contribution in [0.15, 0.2) is 0 Å². The number of H-pyrrole nitrogens is 1. The summed E-state index contributed by atoms with van der Waals surface area (Å²) in [6, 6.07) is 0. The molecule has 0 amide bonds. The third kappa shape index (κ3) is 1.16. The molecule has 0 saturated carbocycles. The topological polar surface area (TPSA) is 46.5 Å². The van der Waals surface area contributed by atoms with E-state index in [-0.39, 0.29) is 0 Å². The van der Waals surface area contributed by atoms with E-state index in [2.05, 4.69) is 15.0 Å². The maximum atomic E-state index is 5.08. The highest BCUT2D eigenvalue weighted by molar-refractivity contribution is 7.71. The Morgan fingerprint density at radius 3 is 2.69 bits per heavy atom. The van der Waals surface area contributed by atoms with Crippen molar-refractivity contribution < 1.29 is 0 Å². The molecule has 2 aromatic heterocycles. The molecule has 2 aromatic rings. The summed E-state index contributed by atoms with van der Waals surface area (Å²) in [4.78, 5) is 11.7. The van der Waals surface area contributed by atoms with Crippen LogP contribution in [-0.2, 0) is 7.05 Å². The zero-order valence-corrected chi connectivity index (χ0v) is 8.57. The fraction of sp³-hybridized carbons (Fsp3) is 0.375. The van der Waals surface area contributed by atoms with E-state index in [4.69, 9.17) is 12.2 Å². The van der Waals surface area contributed by atoms with Gasteiger partial charge in [0.2, 0.25) is 4.77 Å². The summed E-state index contributed by atoms with van der Waals surface area (Å²) in [7, 11) is 1.87. The molecule has 1 N–H and O–H groups in total. The van der Waals surface area contributed by atoms with Crippen LogP contribution in [0.25, 0.3) is 11.2 Å². The second kappa shape index (κ2) is 2.63. The van der Waals surface area contributed by atoms with Gasteiger partial charge in [0.25, 0.3) is 0 Å². The predicted molar refractivity (Wildman–Crippen MR) is 53.2 cm³/mol. The maximum Gasteiger partial charge on any atom is 0.201 e. The summed E-state index contributed by atoms with van der Waals surface area (Å²) in [6.07, 6.45) is 0. The summed E-state index contributed by atoms with van der Waals surface area (Å²) in [6.45, 7) is 3.85. The first kappa shape index (κ1) is 8.37. The number of fused-ring (bicyclic) bond motifs is 1. The van der Waals surface area contributed by atoms with Gasteiger partial charge in [-0.3, -0.25) is 0 Å². The number of rotatable bonds is 0. The molecule has 2 rings (SSSR count). The Morgan fingerprint density at radius 1 is 1.31 bits per heavy atom. The first-order valence-electron chi connectivity index (χ1n) is 3.99. The Balaban J connectivity index is 3.04. The van der Waals surface area contributed by atoms with E-state index in [1.165, 1.54) is 0 Å². The molecule has 0 bridgehead atoms. The number of aromatic nitrogens is 4. The number of aromatic amines is 1. The Kier molecular flexibility index (Phi) is 1.69. The molecule has 0 unspecified atom stereocenters. The molecule has 0 radical (unpaired) electrons. The van der Waals surface area contributed by atoms with Crippen LogP contribution in [0.1, 0.15) is 11.5 Å². The van der Waals surface area contributed by atoms with Crippen molar-refractivity contribution in [2.45, 2.75) is 13.8 Å². The molecule has 0 aliphatic carbocycles. The Bertz CT molecular complexity index is 523. The van der Waals surface area contributed by atoms with Crippen LogP contribution in [-0.4, -0.2) is 19.5 Å². The Labute approximate surface area is 80.6 Å². The van der Waals surface area contributed by atoms with Gasteiger partial charge in [0.15, 0.2) is 5.65 Å². The van der Waals surface area contributed by atoms with Gasteiger partial charge >= 0.3 is 0 Å². The molecule has 2 heterocycles. The van der Waals surface area contributed by atoms with Crippen LogP contribution in [0.4, 0.5) is 0 Å². The molecule has 0 atom stereocenters. The number of nitrogens with zero attached hydrogens (tertiary/aromatic N) is 3. The zero-order valence-electron chi connectivity index (χ0n) is 7.75. The molecule has 0 aliphatic heterocycles. The van der Waals surface area contributed by atoms with Gasteiger partial charge in [-0.25, -0.2) is 9.97 Å². The van der Waals surface area contributed by atoms with Gasteiger partial charge < -0.3 is 9.55 Å². The van der Waals surface area contributed by atoms with Gasteiger partial charge in [-0.1, -0.05) is 0 Å². The summed E-state index contributed by atoms with van der Waals surface area (Å²) in [5.41, 5.74) is 2.74. The molecule has 0 aliphatic rings.